The number of hydrogen-bond acceptors (Lipinski definition) is 6. The predicted octanol–water partition coefficient (Wildman–Crippen LogP) is 3.53. The Bertz CT molecular complexity index is 1110. The zero-order valence-electron chi connectivity index (χ0n) is 20.1. The van der Waals surface area contributed by atoms with Crippen LogP contribution in [-0.2, 0) is 16.7 Å². The second-order valence-corrected chi connectivity index (χ2v) is 10.7. The van der Waals surface area contributed by atoms with Crippen molar-refractivity contribution in [1.82, 2.24) is 24.6 Å². The lowest BCUT2D eigenvalue weighted by Gasteiger charge is -2.26. The van der Waals surface area contributed by atoms with E-state index in [2.05, 4.69) is 39.8 Å². The number of carbonyl (C=O) groups is 1. The van der Waals surface area contributed by atoms with Crippen LogP contribution in [0.5, 0.6) is 0 Å². The van der Waals surface area contributed by atoms with E-state index in [0.717, 1.165) is 55.7 Å². The molecule has 2 aromatic heterocycles. The van der Waals surface area contributed by atoms with Gasteiger partial charge in [0.15, 0.2) is 0 Å². The van der Waals surface area contributed by atoms with Gasteiger partial charge in [-0.2, -0.15) is 5.10 Å². The van der Waals surface area contributed by atoms with Crippen molar-refractivity contribution >= 4 is 17.5 Å². The summed E-state index contributed by atoms with van der Waals surface area (Å²) in [6.07, 6.45) is 6.74. The number of nitrogen functional groups attached to an aromatic ring is 1. The molecule has 1 saturated heterocycles. The SMILES string of the molecule is CN1CC=C(c2cc(-c3cc4n(n3)CCC43CCN(C(=O)OC(C)(C)C)C3)cnc2N)CC1. The maximum absolute atomic E-state index is 12.6. The quantitative estimate of drug-likeness (QED) is 0.753. The van der Waals surface area contributed by atoms with Gasteiger partial charge in [-0.25, -0.2) is 9.78 Å². The summed E-state index contributed by atoms with van der Waals surface area (Å²) in [5, 5.41) is 4.91. The fraction of sp³-hybridized carbons (Fsp3) is 0.560. The van der Waals surface area contributed by atoms with Gasteiger partial charge in [0.05, 0.1) is 5.69 Å². The molecule has 8 nitrogen and oxygen atoms in total. The van der Waals surface area contributed by atoms with Crippen molar-refractivity contribution in [2.24, 2.45) is 0 Å². The first-order valence-corrected chi connectivity index (χ1v) is 11.8. The molecule has 5 heterocycles. The van der Waals surface area contributed by atoms with Crippen LogP contribution < -0.4 is 5.73 Å². The Labute approximate surface area is 195 Å². The molecule has 1 amide bonds. The maximum Gasteiger partial charge on any atom is 0.410 e. The van der Waals surface area contributed by atoms with Gasteiger partial charge in [-0.3, -0.25) is 4.68 Å². The minimum absolute atomic E-state index is 0.0529. The van der Waals surface area contributed by atoms with Gasteiger partial charge in [-0.15, -0.1) is 0 Å². The van der Waals surface area contributed by atoms with E-state index in [1.54, 1.807) is 0 Å². The molecule has 2 N–H and O–H groups in total. The van der Waals surface area contributed by atoms with Gasteiger partial charge < -0.3 is 20.3 Å². The molecule has 0 aliphatic carbocycles. The highest BCUT2D eigenvalue weighted by molar-refractivity contribution is 5.77. The molecule has 3 aliphatic rings. The van der Waals surface area contributed by atoms with Crippen molar-refractivity contribution in [2.75, 3.05) is 39.0 Å². The van der Waals surface area contributed by atoms with Crippen LogP contribution in [0.3, 0.4) is 0 Å². The Morgan fingerprint density at radius 2 is 1.97 bits per heavy atom. The number of aromatic nitrogens is 3. The number of aryl methyl sites for hydroxylation is 1. The normalized spacial score (nSPS) is 23.2. The van der Waals surface area contributed by atoms with E-state index in [4.69, 9.17) is 15.6 Å². The lowest BCUT2D eigenvalue weighted by molar-refractivity contribution is 0.0284. The number of likely N-dealkylation sites (tertiary alicyclic amines) is 1. The zero-order chi connectivity index (χ0) is 23.4. The molecule has 0 radical (unpaired) electrons. The third-order valence-corrected chi connectivity index (χ3v) is 7.10. The minimum atomic E-state index is -0.486. The van der Waals surface area contributed by atoms with Crippen LogP contribution in [0.1, 0.15) is 51.3 Å². The smallest absolute Gasteiger partial charge is 0.410 e. The van der Waals surface area contributed by atoms with Gasteiger partial charge in [0.1, 0.15) is 11.4 Å². The third-order valence-electron chi connectivity index (χ3n) is 7.10. The molecular weight excluding hydrogens is 416 g/mol. The lowest BCUT2D eigenvalue weighted by Crippen LogP contribution is -2.37. The van der Waals surface area contributed by atoms with Gasteiger partial charge in [0, 0.05) is 61.2 Å². The largest absolute Gasteiger partial charge is 0.444 e. The Morgan fingerprint density at radius 3 is 2.70 bits per heavy atom. The number of likely N-dealkylation sites (N-methyl/N-ethyl adjacent to an activating group) is 1. The van der Waals surface area contributed by atoms with Crippen LogP contribution in [-0.4, -0.2) is 69.5 Å². The zero-order valence-corrected chi connectivity index (χ0v) is 20.1. The Balaban J connectivity index is 1.40. The van der Waals surface area contributed by atoms with E-state index in [-0.39, 0.29) is 11.5 Å². The molecule has 1 fully saturated rings. The van der Waals surface area contributed by atoms with Gasteiger partial charge in [-0.1, -0.05) is 6.08 Å². The summed E-state index contributed by atoms with van der Waals surface area (Å²) < 4.78 is 7.72. The molecule has 1 atom stereocenters. The summed E-state index contributed by atoms with van der Waals surface area (Å²) in [6, 6.07) is 4.32. The third kappa shape index (κ3) is 4.12. The number of hydrogen-bond donors (Lipinski definition) is 1. The highest BCUT2D eigenvalue weighted by Gasteiger charge is 2.47. The predicted molar refractivity (Wildman–Crippen MR) is 129 cm³/mol. The minimum Gasteiger partial charge on any atom is -0.444 e. The average Bonchev–Trinajstić information content (AvgIpc) is 3.45. The van der Waals surface area contributed by atoms with Crippen molar-refractivity contribution in [1.29, 1.82) is 0 Å². The molecular formula is C25H34N6O2. The second-order valence-electron chi connectivity index (χ2n) is 10.7. The summed E-state index contributed by atoms with van der Waals surface area (Å²) in [5.41, 5.74) is 11.1. The van der Waals surface area contributed by atoms with Gasteiger partial charge in [0.2, 0.25) is 0 Å². The molecule has 0 aromatic carbocycles. The molecule has 33 heavy (non-hydrogen) atoms. The number of amides is 1. The lowest BCUT2D eigenvalue weighted by atomic mass is 9.82. The van der Waals surface area contributed by atoms with E-state index >= 15 is 0 Å². The Hall–Kier alpha value is -2.87. The Kier molecular flexibility index (Phi) is 5.23. The molecule has 2 aromatic rings. The fourth-order valence-corrected chi connectivity index (χ4v) is 5.26. The number of anilines is 1. The van der Waals surface area contributed by atoms with Crippen molar-refractivity contribution in [3.63, 3.8) is 0 Å². The molecule has 0 bridgehead atoms. The summed E-state index contributed by atoms with van der Waals surface area (Å²) in [6.45, 7) is 9.92. The van der Waals surface area contributed by atoms with Crippen molar-refractivity contribution < 1.29 is 9.53 Å². The molecule has 1 unspecified atom stereocenters. The number of nitrogens with two attached hydrogens (primary N) is 1. The molecule has 176 valence electrons. The number of fused-ring (bicyclic) bond motifs is 2. The van der Waals surface area contributed by atoms with E-state index in [1.165, 1.54) is 11.3 Å². The second kappa shape index (κ2) is 7.87. The maximum atomic E-state index is 12.6. The number of nitrogens with zero attached hydrogens (tertiary/aromatic N) is 5. The van der Waals surface area contributed by atoms with E-state index in [1.807, 2.05) is 31.9 Å². The van der Waals surface area contributed by atoms with Gasteiger partial charge in [0.25, 0.3) is 0 Å². The molecule has 3 aliphatic heterocycles. The first-order chi connectivity index (χ1) is 15.6. The highest BCUT2D eigenvalue weighted by Crippen LogP contribution is 2.44. The molecule has 5 rings (SSSR count). The van der Waals surface area contributed by atoms with E-state index < -0.39 is 5.60 Å². The van der Waals surface area contributed by atoms with Crippen LogP contribution in [0.2, 0.25) is 0 Å². The first-order valence-electron chi connectivity index (χ1n) is 11.8. The number of ether oxygens (including phenoxy) is 1. The number of carbonyl (C=O) groups excluding carboxylic acids is 1. The molecule has 1 spiro atoms. The Morgan fingerprint density at radius 1 is 1.18 bits per heavy atom. The van der Waals surface area contributed by atoms with Gasteiger partial charge >= 0.3 is 6.09 Å². The summed E-state index contributed by atoms with van der Waals surface area (Å²) in [7, 11) is 2.13. The van der Waals surface area contributed by atoms with Crippen LogP contribution in [0, 0.1) is 0 Å². The van der Waals surface area contributed by atoms with Gasteiger partial charge in [-0.05, 0) is 64.8 Å². The van der Waals surface area contributed by atoms with Crippen molar-refractivity contribution in [2.45, 2.75) is 57.6 Å². The number of rotatable bonds is 2. The summed E-state index contributed by atoms with van der Waals surface area (Å²) in [4.78, 5) is 21.3. The first kappa shape index (κ1) is 21.9. The molecule has 0 saturated carbocycles. The monoisotopic (exact) mass is 450 g/mol. The fourth-order valence-electron chi connectivity index (χ4n) is 5.26. The molecule has 8 heteroatoms. The number of pyridine rings is 1. The standard InChI is InChI=1S/C25H34N6O2/c1-24(2,3)33-23(32)30-11-7-25(16-30)8-12-31-21(25)14-20(28-31)18-13-19(22(26)27-15-18)17-5-9-29(4)10-6-17/h5,13-15H,6-12,16H2,1-4H3,(H2,26,27). The van der Waals surface area contributed by atoms with Crippen molar-refractivity contribution in [3.05, 3.63) is 35.7 Å². The van der Waals surface area contributed by atoms with E-state index in [0.29, 0.717) is 18.9 Å². The summed E-state index contributed by atoms with van der Waals surface area (Å²) in [5.74, 6) is 0.571. The van der Waals surface area contributed by atoms with Crippen LogP contribution in [0.25, 0.3) is 16.8 Å². The topological polar surface area (TPSA) is 89.5 Å². The van der Waals surface area contributed by atoms with Crippen LogP contribution in [0.4, 0.5) is 10.6 Å². The highest BCUT2D eigenvalue weighted by atomic mass is 16.6. The van der Waals surface area contributed by atoms with E-state index in [9.17, 15) is 4.79 Å². The van der Waals surface area contributed by atoms with Crippen LogP contribution >= 0.6 is 0 Å². The average molecular weight is 451 g/mol. The van der Waals surface area contributed by atoms with Crippen LogP contribution in [0.15, 0.2) is 24.4 Å². The van der Waals surface area contributed by atoms with Crippen molar-refractivity contribution in [3.8, 4) is 11.3 Å². The summed E-state index contributed by atoms with van der Waals surface area (Å²) >= 11 is 0.